The van der Waals surface area contributed by atoms with E-state index >= 15 is 0 Å². The van der Waals surface area contributed by atoms with Crippen molar-refractivity contribution >= 4 is 17.6 Å². The van der Waals surface area contributed by atoms with Crippen LogP contribution in [0.4, 0.5) is 0 Å². The third-order valence-corrected chi connectivity index (χ3v) is 3.34. The molecule has 1 N–H and O–H groups in total. The van der Waals surface area contributed by atoms with Crippen molar-refractivity contribution in [3.05, 3.63) is 53.6 Å². The first kappa shape index (κ1) is 14.0. The molecule has 0 radical (unpaired) electrons. The standard InChI is InChI=1S/C17H14O5/c1-20-13-5-2-11(3-6-13)8-14(17(18)19)12-4-7-15-16(9-12)22-10-21-15/h2-9H,10H2,1H3,(H,18,19)/b14-8+. The molecule has 2 aromatic rings. The molecular weight excluding hydrogens is 284 g/mol. The molecule has 0 saturated heterocycles. The molecule has 0 spiro atoms. The van der Waals surface area contributed by atoms with E-state index in [9.17, 15) is 9.90 Å². The van der Waals surface area contributed by atoms with Gasteiger partial charge in [0.15, 0.2) is 11.5 Å². The first-order chi connectivity index (χ1) is 10.7. The second-order valence-electron chi connectivity index (χ2n) is 4.70. The molecule has 0 aromatic heterocycles. The summed E-state index contributed by atoms with van der Waals surface area (Å²) in [5, 5.41) is 9.47. The lowest BCUT2D eigenvalue weighted by molar-refractivity contribution is -0.130. The second kappa shape index (κ2) is 5.81. The number of hydrogen-bond donors (Lipinski definition) is 1. The Morgan fingerprint density at radius 1 is 1.14 bits per heavy atom. The topological polar surface area (TPSA) is 65.0 Å². The van der Waals surface area contributed by atoms with Crippen molar-refractivity contribution in [3.8, 4) is 17.2 Å². The van der Waals surface area contributed by atoms with Gasteiger partial charge in [-0.3, -0.25) is 0 Å². The number of carboxylic acids is 1. The second-order valence-corrected chi connectivity index (χ2v) is 4.70. The molecule has 0 atom stereocenters. The Morgan fingerprint density at radius 2 is 1.86 bits per heavy atom. The zero-order valence-corrected chi connectivity index (χ0v) is 11.9. The molecule has 1 aliphatic rings. The van der Waals surface area contributed by atoms with Gasteiger partial charge in [0.25, 0.3) is 0 Å². The summed E-state index contributed by atoms with van der Waals surface area (Å²) in [6, 6.07) is 12.3. The average molecular weight is 298 g/mol. The molecule has 5 nitrogen and oxygen atoms in total. The predicted octanol–water partition coefficient (Wildman–Crippen LogP) is 3.05. The van der Waals surface area contributed by atoms with Crippen molar-refractivity contribution in [1.82, 2.24) is 0 Å². The Hall–Kier alpha value is -2.95. The fourth-order valence-corrected chi connectivity index (χ4v) is 2.20. The quantitative estimate of drug-likeness (QED) is 0.694. The van der Waals surface area contributed by atoms with E-state index in [1.54, 1.807) is 55.7 Å². The average Bonchev–Trinajstić information content (AvgIpc) is 3.00. The van der Waals surface area contributed by atoms with E-state index in [-0.39, 0.29) is 12.4 Å². The molecule has 112 valence electrons. The van der Waals surface area contributed by atoms with Crippen molar-refractivity contribution in [2.45, 2.75) is 0 Å². The predicted molar refractivity (Wildman–Crippen MR) is 81.1 cm³/mol. The van der Waals surface area contributed by atoms with Gasteiger partial charge in [0.05, 0.1) is 12.7 Å². The summed E-state index contributed by atoms with van der Waals surface area (Å²) in [5.74, 6) is 0.893. The highest BCUT2D eigenvalue weighted by molar-refractivity contribution is 6.20. The van der Waals surface area contributed by atoms with Crippen molar-refractivity contribution in [2.24, 2.45) is 0 Å². The molecule has 5 heteroatoms. The summed E-state index contributed by atoms with van der Waals surface area (Å²) in [6.07, 6.45) is 1.61. The number of methoxy groups -OCH3 is 1. The van der Waals surface area contributed by atoms with Crippen LogP contribution >= 0.6 is 0 Å². The molecule has 3 rings (SSSR count). The molecule has 0 unspecified atom stereocenters. The molecule has 22 heavy (non-hydrogen) atoms. The van der Waals surface area contributed by atoms with Gasteiger partial charge < -0.3 is 19.3 Å². The van der Waals surface area contributed by atoms with E-state index in [0.29, 0.717) is 17.1 Å². The summed E-state index contributed by atoms with van der Waals surface area (Å²) >= 11 is 0. The summed E-state index contributed by atoms with van der Waals surface area (Å²) < 4.78 is 15.6. The van der Waals surface area contributed by atoms with Crippen LogP contribution in [0.2, 0.25) is 0 Å². The molecule has 0 amide bonds. The summed E-state index contributed by atoms with van der Waals surface area (Å²) in [6.45, 7) is 0.156. The maximum atomic E-state index is 11.6. The van der Waals surface area contributed by atoms with E-state index in [1.165, 1.54) is 0 Å². The third kappa shape index (κ3) is 2.74. The lowest BCUT2D eigenvalue weighted by Gasteiger charge is -2.05. The molecule has 0 saturated carbocycles. The first-order valence-corrected chi connectivity index (χ1v) is 6.66. The number of carboxylic acid groups (broad SMARTS) is 1. The summed E-state index contributed by atoms with van der Waals surface area (Å²) in [7, 11) is 1.58. The highest BCUT2D eigenvalue weighted by Gasteiger charge is 2.17. The van der Waals surface area contributed by atoms with Gasteiger partial charge in [-0.05, 0) is 41.5 Å². The molecule has 0 bridgehead atoms. The van der Waals surface area contributed by atoms with Gasteiger partial charge >= 0.3 is 5.97 Å². The van der Waals surface area contributed by atoms with E-state index in [0.717, 1.165) is 11.3 Å². The van der Waals surface area contributed by atoms with Gasteiger partial charge in [-0.1, -0.05) is 18.2 Å². The Balaban J connectivity index is 1.98. The van der Waals surface area contributed by atoms with Gasteiger partial charge in [0.1, 0.15) is 5.75 Å². The van der Waals surface area contributed by atoms with Crippen LogP contribution in [-0.4, -0.2) is 25.0 Å². The van der Waals surface area contributed by atoms with E-state index in [2.05, 4.69) is 0 Å². The van der Waals surface area contributed by atoms with Crippen molar-refractivity contribution in [1.29, 1.82) is 0 Å². The van der Waals surface area contributed by atoms with Crippen LogP contribution in [-0.2, 0) is 4.79 Å². The highest BCUT2D eigenvalue weighted by atomic mass is 16.7. The molecule has 1 heterocycles. The van der Waals surface area contributed by atoms with Gasteiger partial charge in [0, 0.05) is 0 Å². The van der Waals surface area contributed by atoms with Crippen LogP contribution in [0.3, 0.4) is 0 Å². The monoisotopic (exact) mass is 298 g/mol. The highest BCUT2D eigenvalue weighted by Crippen LogP contribution is 2.35. The minimum Gasteiger partial charge on any atom is -0.497 e. The number of hydrogen-bond acceptors (Lipinski definition) is 4. The fourth-order valence-electron chi connectivity index (χ4n) is 2.20. The molecule has 0 fully saturated rings. The lowest BCUT2D eigenvalue weighted by Crippen LogP contribution is -1.99. The fraction of sp³-hybridized carbons (Fsp3) is 0.118. The van der Waals surface area contributed by atoms with Crippen LogP contribution in [0.15, 0.2) is 42.5 Å². The number of aliphatic carboxylic acids is 1. The summed E-state index contributed by atoms with van der Waals surface area (Å²) in [5.41, 5.74) is 1.52. The number of ether oxygens (including phenoxy) is 3. The Bertz CT molecular complexity index is 731. The van der Waals surface area contributed by atoms with Crippen LogP contribution in [0.5, 0.6) is 17.2 Å². The third-order valence-electron chi connectivity index (χ3n) is 3.34. The normalized spacial score (nSPS) is 13.0. The van der Waals surface area contributed by atoms with Gasteiger partial charge in [-0.2, -0.15) is 0 Å². The number of benzene rings is 2. The van der Waals surface area contributed by atoms with Crippen LogP contribution in [0.25, 0.3) is 11.6 Å². The maximum absolute atomic E-state index is 11.6. The molecule has 2 aromatic carbocycles. The largest absolute Gasteiger partial charge is 0.497 e. The van der Waals surface area contributed by atoms with E-state index in [4.69, 9.17) is 14.2 Å². The van der Waals surface area contributed by atoms with Crippen molar-refractivity contribution < 1.29 is 24.1 Å². The Labute approximate surface area is 127 Å². The number of rotatable bonds is 4. The number of fused-ring (bicyclic) bond motifs is 1. The zero-order valence-electron chi connectivity index (χ0n) is 11.9. The molecular formula is C17H14O5. The molecule has 1 aliphatic heterocycles. The van der Waals surface area contributed by atoms with Gasteiger partial charge in [0.2, 0.25) is 6.79 Å². The SMILES string of the molecule is COc1ccc(/C=C(/C(=O)O)c2ccc3c(c2)OCO3)cc1. The van der Waals surface area contributed by atoms with E-state index in [1.807, 2.05) is 0 Å². The van der Waals surface area contributed by atoms with Crippen molar-refractivity contribution in [3.63, 3.8) is 0 Å². The van der Waals surface area contributed by atoms with Crippen LogP contribution < -0.4 is 14.2 Å². The number of carbonyl (C=O) groups is 1. The Kier molecular flexibility index (Phi) is 3.70. The maximum Gasteiger partial charge on any atom is 0.336 e. The zero-order chi connectivity index (χ0) is 15.5. The van der Waals surface area contributed by atoms with Crippen LogP contribution in [0, 0.1) is 0 Å². The van der Waals surface area contributed by atoms with Crippen molar-refractivity contribution in [2.75, 3.05) is 13.9 Å². The van der Waals surface area contributed by atoms with E-state index < -0.39 is 5.97 Å². The Morgan fingerprint density at radius 3 is 2.55 bits per heavy atom. The minimum atomic E-state index is -1.00. The van der Waals surface area contributed by atoms with Crippen LogP contribution in [0.1, 0.15) is 11.1 Å². The van der Waals surface area contributed by atoms with Gasteiger partial charge in [-0.25, -0.2) is 4.79 Å². The molecule has 0 aliphatic carbocycles. The minimum absolute atomic E-state index is 0.156. The summed E-state index contributed by atoms with van der Waals surface area (Å²) in [4.78, 5) is 11.6. The first-order valence-electron chi connectivity index (χ1n) is 6.66. The smallest absolute Gasteiger partial charge is 0.336 e. The lowest BCUT2D eigenvalue weighted by atomic mass is 10.0. The van der Waals surface area contributed by atoms with Gasteiger partial charge in [-0.15, -0.1) is 0 Å².